The molecule has 0 bridgehead atoms. The highest BCUT2D eigenvalue weighted by Gasteiger charge is 2.37. The maximum atomic E-state index is 4.80. The minimum absolute atomic E-state index is 0.477. The van der Waals surface area contributed by atoms with Crippen LogP contribution in [0.5, 0.6) is 0 Å². The van der Waals surface area contributed by atoms with Crippen LogP contribution in [0, 0.1) is 25.2 Å². The molecule has 1 aliphatic carbocycles. The van der Waals surface area contributed by atoms with Gasteiger partial charge in [0, 0.05) is 31.4 Å². The summed E-state index contributed by atoms with van der Waals surface area (Å²) in [6.45, 7) is 13.5. The second-order valence-corrected chi connectivity index (χ2v) is 7.77. The molecule has 0 unspecified atom stereocenters. The summed E-state index contributed by atoms with van der Waals surface area (Å²) in [6.07, 6.45) is 5.37. The third kappa shape index (κ3) is 4.52. The molecule has 5 nitrogen and oxygen atoms in total. The van der Waals surface area contributed by atoms with Crippen molar-refractivity contribution in [1.82, 2.24) is 20.4 Å². The zero-order valence-electron chi connectivity index (χ0n) is 16.4. The summed E-state index contributed by atoms with van der Waals surface area (Å²) in [7, 11) is 1.99. The second-order valence-electron chi connectivity index (χ2n) is 7.77. The van der Waals surface area contributed by atoms with Crippen LogP contribution in [0.15, 0.2) is 4.99 Å². The Balaban J connectivity index is 2.00. The molecule has 2 rings (SSSR count). The lowest BCUT2D eigenvalue weighted by Gasteiger charge is -2.43. The van der Waals surface area contributed by atoms with Crippen molar-refractivity contribution in [2.75, 3.05) is 13.1 Å². The first kappa shape index (κ1) is 18.8. The zero-order valence-corrected chi connectivity index (χ0v) is 16.4. The van der Waals surface area contributed by atoms with E-state index < -0.39 is 0 Å². The van der Waals surface area contributed by atoms with E-state index in [9.17, 15) is 0 Å². The number of hydrogen-bond acceptors (Lipinski definition) is 2. The first-order valence-corrected chi connectivity index (χ1v) is 9.38. The highest BCUT2D eigenvalue weighted by Crippen LogP contribution is 2.45. The normalized spacial score (nSPS) is 17.0. The van der Waals surface area contributed by atoms with Crippen molar-refractivity contribution in [2.24, 2.45) is 23.4 Å². The Morgan fingerprint density at radius 1 is 1.29 bits per heavy atom. The number of hydrogen-bond donors (Lipinski definition) is 2. The summed E-state index contributed by atoms with van der Waals surface area (Å²) >= 11 is 0. The molecule has 0 atom stereocenters. The van der Waals surface area contributed by atoms with E-state index in [-0.39, 0.29) is 0 Å². The van der Waals surface area contributed by atoms with Crippen LogP contribution in [-0.2, 0) is 13.6 Å². The van der Waals surface area contributed by atoms with Gasteiger partial charge in [-0.2, -0.15) is 5.10 Å². The van der Waals surface area contributed by atoms with Gasteiger partial charge in [0.25, 0.3) is 0 Å². The molecule has 2 N–H and O–H groups in total. The van der Waals surface area contributed by atoms with Gasteiger partial charge in [0.1, 0.15) is 0 Å². The van der Waals surface area contributed by atoms with E-state index in [1.165, 1.54) is 36.9 Å². The topological polar surface area (TPSA) is 54.2 Å². The molecule has 1 fully saturated rings. The Morgan fingerprint density at radius 2 is 2.00 bits per heavy atom. The van der Waals surface area contributed by atoms with Crippen LogP contribution >= 0.6 is 0 Å². The SMILES string of the molecule is CCNC(=NCc1c(C)nn(C)c1C)NCC1(CC(C)C)CCC1. The molecule has 136 valence electrons. The number of aliphatic imine (C=N–C) groups is 1. The van der Waals surface area contributed by atoms with Crippen molar-refractivity contribution in [2.45, 2.75) is 66.8 Å². The first-order chi connectivity index (χ1) is 11.4. The fourth-order valence-electron chi connectivity index (χ4n) is 3.81. The molecule has 0 spiro atoms. The summed E-state index contributed by atoms with van der Waals surface area (Å²) in [4.78, 5) is 4.80. The van der Waals surface area contributed by atoms with Gasteiger partial charge in [-0.15, -0.1) is 0 Å². The summed E-state index contributed by atoms with van der Waals surface area (Å²) in [5.41, 5.74) is 3.98. The van der Waals surface area contributed by atoms with Crippen molar-refractivity contribution in [3.05, 3.63) is 17.0 Å². The largest absolute Gasteiger partial charge is 0.357 e. The molecule has 1 aliphatic rings. The quantitative estimate of drug-likeness (QED) is 0.594. The average Bonchev–Trinajstić information content (AvgIpc) is 2.72. The van der Waals surface area contributed by atoms with Crippen molar-refractivity contribution < 1.29 is 0 Å². The molecule has 0 saturated heterocycles. The van der Waals surface area contributed by atoms with E-state index >= 15 is 0 Å². The molecule has 5 heteroatoms. The maximum absolute atomic E-state index is 4.80. The van der Waals surface area contributed by atoms with E-state index in [1.54, 1.807) is 0 Å². The number of aromatic nitrogens is 2. The summed E-state index contributed by atoms with van der Waals surface area (Å²) in [5.74, 6) is 1.68. The highest BCUT2D eigenvalue weighted by molar-refractivity contribution is 5.79. The molecule has 1 aromatic heterocycles. The van der Waals surface area contributed by atoms with Gasteiger partial charge in [0.2, 0.25) is 0 Å². The van der Waals surface area contributed by atoms with Gasteiger partial charge in [0.05, 0.1) is 12.2 Å². The smallest absolute Gasteiger partial charge is 0.191 e. The Labute approximate surface area is 147 Å². The lowest BCUT2D eigenvalue weighted by Crippen LogP contribution is -2.47. The number of nitrogens with one attached hydrogen (secondary N) is 2. The number of guanidine groups is 1. The summed E-state index contributed by atoms with van der Waals surface area (Å²) in [6, 6.07) is 0. The fraction of sp³-hybridized carbons (Fsp3) is 0.789. The van der Waals surface area contributed by atoms with E-state index in [4.69, 9.17) is 4.99 Å². The summed E-state index contributed by atoms with van der Waals surface area (Å²) in [5, 5.41) is 11.5. The fourth-order valence-corrected chi connectivity index (χ4v) is 3.81. The lowest BCUT2D eigenvalue weighted by molar-refractivity contribution is 0.104. The molecule has 24 heavy (non-hydrogen) atoms. The highest BCUT2D eigenvalue weighted by atomic mass is 15.3. The monoisotopic (exact) mass is 333 g/mol. The van der Waals surface area contributed by atoms with Gasteiger partial charge in [-0.3, -0.25) is 4.68 Å². The molecule has 0 aliphatic heterocycles. The van der Waals surface area contributed by atoms with Crippen LogP contribution in [0.1, 0.15) is 63.4 Å². The van der Waals surface area contributed by atoms with Gasteiger partial charge < -0.3 is 10.6 Å². The van der Waals surface area contributed by atoms with Crippen LogP contribution in [0.2, 0.25) is 0 Å². The average molecular weight is 334 g/mol. The van der Waals surface area contributed by atoms with Crippen LogP contribution in [0.4, 0.5) is 0 Å². The van der Waals surface area contributed by atoms with E-state index in [0.717, 1.165) is 30.7 Å². The second kappa shape index (κ2) is 8.04. The Kier molecular flexibility index (Phi) is 6.30. The van der Waals surface area contributed by atoms with Crippen molar-refractivity contribution >= 4 is 5.96 Å². The first-order valence-electron chi connectivity index (χ1n) is 9.38. The third-order valence-electron chi connectivity index (χ3n) is 5.28. The molecule has 1 heterocycles. The number of aryl methyl sites for hydroxylation is 2. The van der Waals surface area contributed by atoms with Gasteiger partial charge >= 0.3 is 0 Å². The minimum atomic E-state index is 0.477. The van der Waals surface area contributed by atoms with Crippen molar-refractivity contribution in [3.63, 3.8) is 0 Å². The molecule has 0 radical (unpaired) electrons. The predicted octanol–water partition coefficient (Wildman–Crippen LogP) is 3.31. The maximum Gasteiger partial charge on any atom is 0.191 e. The predicted molar refractivity (Wildman–Crippen MR) is 101 cm³/mol. The van der Waals surface area contributed by atoms with Crippen LogP contribution in [-0.4, -0.2) is 28.8 Å². The van der Waals surface area contributed by atoms with E-state index in [2.05, 4.69) is 50.4 Å². The van der Waals surface area contributed by atoms with Crippen molar-refractivity contribution in [3.8, 4) is 0 Å². The Hall–Kier alpha value is -1.52. The number of rotatable bonds is 7. The van der Waals surface area contributed by atoms with E-state index in [0.29, 0.717) is 12.0 Å². The Morgan fingerprint density at radius 3 is 2.46 bits per heavy atom. The molecule has 1 saturated carbocycles. The molecule has 1 aromatic rings. The lowest BCUT2D eigenvalue weighted by atomic mass is 9.64. The summed E-state index contributed by atoms with van der Waals surface area (Å²) < 4.78 is 1.94. The van der Waals surface area contributed by atoms with Crippen LogP contribution in [0.3, 0.4) is 0 Å². The minimum Gasteiger partial charge on any atom is -0.357 e. The van der Waals surface area contributed by atoms with Gasteiger partial charge in [-0.05, 0) is 51.4 Å². The van der Waals surface area contributed by atoms with Crippen LogP contribution in [0.25, 0.3) is 0 Å². The number of nitrogens with zero attached hydrogens (tertiary/aromatic N) is 3. The Bertz CT molecular complexity index is 567. The molecule has 0 amide bonds. The molecular weight excluding hydrogens is 298 g/mol. The van der Waals surface area contributed by atoms with Gasteiger partial charge in [-0.1, -0.05) is 20.3 Å². The molecular formula is C19H35N5. The standard InChI is InChI=1S/C19H35N5/c1-7-20-18(21-12-17-15(4)23-24(6)16(17)5)22-13-19(9-8-10-19)11-14(2)3/h14H,7-13H2,1-6H3,(H2,20,21,22). The van der Waals surface area contributed by atoms with Crippen LogP contribution < -0.4 is 10.6 Å². The van der Waals surface area contributed by atoms with Gasteiger partial charge in [0.15, 0.2) is 5.96 Å². The third-order valence-corrected chi connectivity index (χ3v) is 5.28. The van der Waals surface area contributed by atoms with Gasteiger partial charge in [-0.25, -0.2) is 4.99 Å². The molecule has 0 aromatic carbocycles. The van der Waals surface area contributed by atoms with Crippen molar-refractivity contribution in [1.29, 1.82) is 0 Å². The van der Waals surface area contributed by atoms with E-state index in [1.807, 2.05) is 11.7 Å². The zero-order chi connectivity index (χ0) is 17.7.